The Morgan fingerprint density at radius 3 is 2.77 bits per heavy atom. The van der Waals surface area contributed by atoms with Gasteiger partial charge in [-0.2, -0.15) is 0 Å². The van der Waals surface area contributed by atoms with Crippen LogP contribution >= 0.6 is 0 Å². The molecule has 0 aliphatic carbocycles. The summed E-state index contributed by atoms with van der Waals surface area (Å²) in [5.74, 6) is -4.78. The molecule has 1 aliphatic rings. The Bertz CT molecular complexity index is 534. The van der Waals surface area contributed by atoms with Crippen molar-refractivity contribution in [3.05, 3.63) is 29.6 Å². The molecule has 1 amide bonds. The first-order chi connectivity index (χ1) is 10.5. The van der Waals surface area contributed by atoms with Crippen LogP contribution in [0.15, 0.2) is 12.1 Å². The van der Waals surface area contributed by atoms with Gasteiger partial charge in [-0.05, 0) is 38.4 Å². The first-order valence-electron chi connectivity index (χ1n) is 7.21. The van der Waals surface area contributed by atoms with E-state index >= 15 is 0 Å². The molecule has 22 heavy (non-hydrogen) atoms. The number of nitrogens with zero attached hydrogens (tertiary/aromatic N) is 1. The fourth-order valence-electron chi connectivity index (χ4n) is 2.42. The van der Waals surface area contributed by atoms with Gasteiger partial charge in [0.1, 0.15) is 0 Å². The van der Waals surface area contributed by atoms with Gasteiger partial charge in [0.25, 0.3) is 0 Å². The predicted molar refractivity (Wildman–Crippen MR) is 76.0 cm³/mol. The number of rotatable bonds is 5. The lowest BCUT2D eigenvalue weighted by Gasteiger charge is -2.27. The van der Waals surface area contributed by atoms with Gasteiger partial charge in [-0.15, -0.1) is 0 Å². The lowest BCUT2D eigenvalue weighted by molar-refractivity contribution is -0.117. The van der Waals surface area contributed by atoms with Crippen molar-refractivity contribution in [3.8, 4) is 0 Å². The minimum absolute atomic E-state index is 0.0122. The van der Waals surface area contributed by atoms with Crippen molar-refractivity contribution in [2.24, 2.45) is 0 Å². The van der Waals surface area contributed by atoms with Crippen LogP contribution in [0.5, 0.6) is 0 Å². The van der Waals surface area contributed by atoms with Crippen LogP contribution in [0.3, 0.4) is 0 Å². The third-order valence-electron chi connectivity index (χ3n) is 3.51. The molecule has 1 saturated heterocycles. The van der Waals surface area contributed by atoms with Gasteiger partial charge in [-0.25, -0.2) is 13.2 Å². The van der Waals surface area contributed by atoms with Crippen LogP contribution in [-0.4, -0.2) is 43.7 Å². The standard InChI is InChI=1S/C15H19F3N2O2/c1-20(8-10-4-2-3-7-22-10)9-13(21)19-12-6-5-11(16)14(17)15(12)18/h5-6,10H,2-4,7-9H2,1H3,(H,19,21)/t10-/m1/s1. The van der Waals surface area contributed by atoms with Crippen molar-refractivity contribution in [2.75, 3.05) is 32.1 Å². The Labute approximate surface area is 127 Å². The first-order valence-corrected chi connectivity index (χ1v) is 7.21. The Balaban J connectivity index is 1.85. The Morgan fingerprint density at radius 2 is 2.09 bits per heavy atom. The molecule has 0 saturated carbocycles. The highest BCUT2D eigenvalue weighted by Gasteiger charge is 2.19. The number of anilines is 1. The number of carbonyl (C=O) groups is 1. The van der Waals surface area contributed by atoms with E-state index in [1.165, 1.54) is 0 Å². The molecule has 1 heterocycles. The molecule has 122 valence electrons. The molecular formula is C15H19F3N2O2. The molecule has 0 aromatic heterocycles. The molecular weight excluding hydrogens is 297 g/mol. The van der Waals surface area contributed by atoms with Gasteiger partial charge in [-0.3, -0.25) is 9.69 Å². The topological polar surface area (TPSA) is 41.6 Å². The van der Waals surface area contributed by atoms with E-state index < -0.39 is 23.4 Å². The van der Waals surface area contributed by atoms with Crippen LogP contribution in [0.4, 0.5) is 18.9 Å². The maximum Gasteiger partial charge on any atom is 0.238 e. The highest BCUT2D eigenvalue weighted by molar-refractivity contribution is 5.92. The smallest absolute Gasteiger partial charge is 0.238 e. The van der Waals surface area contributed by atoms with E-state index in [-0.39, 0.29) is 18.3 Å². The van der Waals surface area contributed by atoms with Crippen molar-refractivity contribution in [3.63, 3.8) is 0 Å². The zero-order valence-corrected chi connectivity index (χ0v) is 12.4. The van der Waals surface area contributed by atoms with Crippen molar-refractivity contribution in [1.29, 1.82) is 0 Å². The van der Waals surface area contributed by atoms with E-state index in [2.05, 4.69) is 5.32 Å². The first kappa shape index (κ1) is 16.8. The lowest BCUT2D eigenvalue weighted by Crippen LogP contribution is -2.38. The van der Waals surface area contributed by atoms with Gasteiger partial charge in [0.2, 0.25) is 5.91 Å². The fraction of sp³-hybridized carbons (Fsp3) is 0.533. The van der Waals surface area contributed by atoms with Crippen molar-refractivity contribution in [2.45, 2.75) is 25.4 Å². The van der Waals surface area contributed by atoms with Crippen LogP contribution < -0.4 is 5.32 Å². The van der Waals surface area contributed by atoms with E-state index in [1.54, 1.807) is 11.9 Å². The maximum atomic E-state index is 13.5. The van der Waals surface area contributed by atoms with Gasteiger partial charge >= 0.3 is 0 Å². The summed E-state index contributed by atoms with van der Waals surface area (Å²) in [6, 6.07) is 1.77. The zero-order valence-electron chi connectivity index (χ0n) is 12.4. The van der Waals surface area contributed by atoms with E-state index in [9.17, 15) is 18.0 Å². The average Bonchev–Trinajstić information content (AvgIpc) is 2.49. The Kier molecular flexibility index (Phi) is 5.79. The third kappa shape index (κ3) is 4.45. The van der Waals surface area contributed by atoms with Crippen LogP contribution in [0.1, 0.15) is 19.3 Å². The number of carbonyl (C=O) groups excluding carboxylic acids is 1. The van der Waals surface area contributed by atoms with Crippen LogP contribution in [0.25, 0.3) is 0 Å². The molecule has 1 aliphatic heterocycles. The molecule has 1 aromatic carbocycles. The minimum Gasteiger partial charge on any atom is -0.377 e. The van der Waals surface area contributed by atoms with E-state index in [0.29, 0.717) is 6.54 Å². The molecule has 1 atom stereocenters. The summed E-state index contributed by atoms with van der Waals surface area (Å²) < 4.78 is 44.9. The summed E-state index contributed by atoms with van der Waals surface area (Å²) in [4.78, 5) is 13.6. The van der Waals surface area contributed by atoms with E-state index in [4.69, 9.17) is 4.74 Å². The van der Waals surface area contributed by atoms with E-state index in [1.807, 2.05) is 0 Å². The predicted octanol–water partition coefficient (Wildman–Crippen LogP) is 2.54. The average molecular weight is 316 g/mol. The Morgan fingerprint density at radius 1 is 1.32 bits per heavy atom. The SMILES string of the molecule is CN(CC(=O)Nc1ccc(F)c(F)c1F)C[C@H]1CCCCO1. The normalized spacial score (nSPS) is 18.5. The quantitative estimate of drug-likeness (QED) is 0.849. The second kappa shape index (κ2) is 7.60. The summed E-state index contributed by atoms with van der Waals surface area (Å²) in [6.07, 6.45) is 3.19. The fourth-order valence-corrected chi connectivity index (χ4v) is 2.42. The molecule has 4 nitrogen and oxygen atoms in total. The van der Waals surface area contributed by atoms with Crippen LogP contribution in [0, 0.1) is 17.5 Å². The van der Waals surface area contributed by atoms with Crippen LogP contribution in [-0.2, 0) is 9.53 Å². The van der Waals surface area contributed by atoms with Crippen molar-refractivity contribution >= 4 is 11.6 Å². The molecule has 1 aromatic rings. The number of ether oxygens (including phenoxy) is 1. The molecule has 0 bridgehead atoms. The largest absolute Gasteiger partial charge is 0.377 e. The number of amides is 1. The lowest BCUT2D eigenvalue weighted by atomic mass is 10.1. The second-order valence-corrected chi connectivity index (χ2v) is 5.46. The highest BCUT2D eigenvalue weighted by atomic mass is 19.2. The molecule has 1 fully saturated rings. The molecule has 0 unspecified atom stereocenters. The monoisotopic (exact) mass is 316 g/mol. The van der Waals surface area contributed by atoms with Crippen LogP contribution in [0.2, 0.25) is 0 Å². The van der Waals surface area contributed by atoms with Gasteiger partial charge in [0.05, 0.1) is 18.3 Å². The molecule has 0 spiro atoms. The minimum atomic E-state index is -1.60. The number of halogens is 3. The summed E-state index contributed by atoms with van der Waals surface area (Å²) in [7, 11) is 1.75. The maximum absolute atomic E-state index is 13.5. The molecule has 7 heteroatoms. The van der Waals surface area contributed by atoms with Crippen molar-refractivity contribution in [1.82, 2.24) is 4.90 Å². The number of hydrogen-bond acceptors (Lipinski definition) is 3. The molecule has 0 radical (unpaired) electrons. The molecule has 2 rings (SSSR count). The summed E-state index contributed by atoms with van der Waals surface area (Å²) >= 11 is 0. The summed E-state index contributed by atoms with van der Waals surface area (Å²) in [5, 5.41) is 2.24. The Hall–Kier alpha value is -1.60. The number of hydrogen-bond donors (Lipinski definition) is 1. The van der Waals surface area contributed by atoms with Gasteiger partial charge in [-0.1, -0.05) is 0 Å². The number of benzene rings is 1. The van der Waals surface area contributed by atoms with Gasteiger partial charge in [0.15, 0.2) is 17.5 Å². The summed E-state index contributed by atoms with van der Waals surface area (Å²) in [5.41, 5.74) is -0.369. The number of likely N-dealkylation sites (N-methyl/N-ethyl adjacent to an activating group) is 1. The van der Waals surface area contributed by atoms with E-state index in [0.717, 1.165) is 38.0 Å². The third-order valence-corrected chi connectivity index (χ3v) is 3.51. The highest BCUT2D eigenvalue weighted by Crippen LogP contribution is 2.19. The van der Waals surface area contributed by atoms with Gasteiger partial charge < -0.3 is 10.1 Å². The zero-order chi connectivity index (χ0) is 16.1. The second-order valence-electron chi connectivity index (χ2n) is 5.46. The van der Waals surface area contributed by atoms with Gasteiger partial charge in [0, 0.05) is 13.2 Å². The summed E-state index contributed by atoms with van der Waals surface area (Å²) in [6.45, 7) is 1.33. The van der Waals surface area contributed by atoms with Crippen molar-refractivity contribution < 1.29 is 22.7 Å². The molecule has 1 N–H and O–H groups in total. The number of nitrogens with one attached hydrogen (secondary N) is 1.